The van der Waals surface area contributed by atoms with Gasteiger partial charge in [0, 0.05) is 11.5 Å². The number of likely N-dealkylation sites (tertiary alicyclic amines) is 1. The summed E-state index contributed by atoms with van der Waals surface area (Å²) in [6, 6.07) is 0. The van der Waals surface area contributed by atoms with Gasteiger partial charge in [-0.2, -0.15) is 0 Å². The molecule has 1 N–H and O–H groups in total. The van der Waals surface area contributed by atoms with Gasteiger partial charge in [0.1, 0.15) is 16.0 Å². The van der Waals surface area contributed by atoms with Crippen LogP contribution in [-0.4, -0.2) is 55.3 Å². The molecule has 0 bridgehead atoms. The molecule has 2 saturated heterocycles. The minimum atomic E-state index is -1.27. The Morgan fingerprint density at radius 2 is 1.58 bits per heavy atom. The number of hydrogen-bond acceptors (Lipinski definition) is 5. The lowest BCUT2D eigenvalue weighted by Crippen LogP contribution is -2.56. The predicted molar refractivity (Wildman–Crippen MR) is 73.2 cm³/mol. The number of rotatable bonds is 2. The van der Waals surface area contributed by atoms with Gasteiger partial charge in [-0.3, -0.25) is 14.5 Å². The molecule has 104 valence electrons. The first-order chi connectivity index (χ1) is 9.08. The maximum atomic E-state index is 12.5. The van der Waals surface area contributed by atoms with Crippen LogP contribution in [-0.2, 0) is 14.4 Å². The van der Waals surface area contributed by atoms with Gasteiger partial charge in [0.05, 0.1) is 0 Å². The van der Waals surface area contributed by atoms with Gasteiger partial charge >= 0.3 is 5.97 Å². The second-order valence-electron chi connectivity index (χ2n) is 5.14. The summed E-state index contributed by atoms with van der Waals surface area (Å²) in [6.07, 6.45) is 2.32. The molecule has 0 aromatic carbocycles. The van der Waals surface area contributed by atoms with E-state index >= 15 is 0 Å². The van der Waals surface area contributed by atoms with Crippen molar-refractivity contribution in [3.63, 3.8) is 0 Å². The van der Waals surface area contributed by atoms with Gasteiger partial charge in [-0.15, -0.1) is 23.5 Å². The van der Waals surface area contributed by atoms with E-state index in [4.69, 9.17) is 0 Å². The van der Waals surface area contributed by atoms with E-state index in [0.717, 1.165) is 29.2 Å². The first-order valence-corrected chi connectivity index (χ1v) is 8.52. The Morgan fingerprint density at radius 3 is 2.00 bits per heavy atom. The molecular formula is C12H15NO4S2. The third-order valence-corrected chi connectivity index (χ3v) is 7.11. The maximum Gasteiger partial charge on any atom is 0.330 e. The van der Waals surface area contributed by atoms with E-state index in [2.05, 4.69) is 0 Å². The highest BCUT2D eigenvalue weighted by atomic mass is 32.2. The van der Waals surface area contributed by atoms with Crippen molar-refractivity contribution in [2.24, 2.45) is 0 Å². The Bertz CT molecular complexity index is 423. The minimum absolute atomic E-state index is 0.281. The predicted octanol–water partition coefficient (Wildman–Crippen LogP) is 0.970. The molecule has 1 aliphatic carbocycles. The average molecular weight is 301 g/mol. The number of amides is 2. The third-order valence-electron chi connectivity index (χ3n) is 4.14. The van der Waals surface area contributed by atoms with E-state index in [1.807, 2.05) is 0 Å². The molecule has 2 unspecified atom stereocenters. The van der Waals surface area contributed by atoms with E-state index in [9.17, 15) is 19.5 Å². The fraction of sp³-hybridized carbons (Fsp3) is 0.750. The zero-order chi connectivity index (χ0) is 13.6. The first-order valence-electron chi connectivity index (χ1n) is 6.42. The summed E-state index contributed by atoms with van der Waals surface area (Å²) in [5.41, 5.74) is -1.27. The van der Waals surface area contributed by atoms with Gasteiger partial charge in [-0.25, -0.2) is 4.79 Å². The fourth-order valence-corrected chi connectivity index (χ4v) is 6.03. The number of nitrogens with zero attached hydrogens (tertiary/aromatic N) is 1. The van der Waals surface area contributed by atoms with Crippen LogP contribution in [0, 0.1) is 0 Å². The molecule has 19 heavy (non-hydrogen) atoms. The summed E-state index contributed by atoms with van der Waals surface area (Å²) in [7, 11) is 0. The average Bonchev–Trinajstić information content (AvgIpc) is 2.97. The monoisotopic (exact) mass is 301 g/mol. The second-order valence-corrected chi connectivity index (χ2v) is 7.64. The Labute approximate surface area is 119 Å². The molecule has 0 aromatic heterocycles. The van der Waals surface area contributed by atoms with E-state index < -0.39 is 11.5 Å². The van der Waals surface area contributed by atoms with E-state index in [1.165, 1.54) is 23.5 Å². The second kappa shape index (κ2) is 4.70. The molecule has 1 saturated carbocycles. The van der Waals surface area contributed by atoms with Crippen molar-refractivity contribution in [3.05, 3.63) is 0 Å². The van der Waals surface area contributed by atoms with Crippen LogP contribution < -0.4 is 0 Å². The summed E-state index contributed by atoms with van der Waals surface area (Å²) < 4.78 is 0. The Kier molecular flexibility index (Phi) is 3.29. The van der Waals surface area contributed by atoms with E-state index in [-0.39, 0.29) is 22.3 Å². The van der Waals surface area contributed by atoms with E-state index in [1.54, 1.807) is 0 Å². The molecule has 0 aromatic rings. The Hall–Kier alpha value is -0.690. The Morgan fingerprint density at radius 1 is 1.11 bits per heavy atom. The van der Waals surface area contributed by atoms with Gasteiger partial charge in [0.25, 0.3) is 0 Å². The highest BCUT2D eigenvalue weighted by molar-refractivity contribution is 8.08. The number of carbonyl (C=O) groups excluding carboxylic acids is 2. The largest absolute Gasteiger partial charge is 0.479 e. The number of carboxylic acids is 1. The van der Waals surface area contributed by atoms with Crippen molar-refractivity contribution >= 4 is 41.3 Å². The Balaban J connectivity index is 1.97. The standard InChI is InChI=1S/C12H15NO4S2/c14-9-7-8(19-6-5-18-7)10(15)13(9)12(11(16)17)3-1-2-4-12/h7-8H,1-6H2,(H,16,17). The molecule has 3 rings (SSSR count). The molecule has 2 amide bonds. The van der Waals surface area contributed by atoms with E-state index in [0.29, 0.717) is 12.8 Å². The maximum absolute atomic E-state index is 12.5. The van der Waals surface area contributed by atoms with Crippen molar-refractivity contribution < 1.29 is 19.5 Å². The quantitative estimate of drug-likeness (QED) is 0.766. The number of thioether (sulfide) groups is 2. The zero-order valence-corrected chi connectivity index (χ0v) is 12.0. The molecule has 3 fully saturated rings. The fourth-order valence-electron chi connectivity index (χ4n) is 3.20. The molecule has 3 aliphatic rings. The summed E-state index contributed by atoms with van der Waals surface area (Å²) in [4.78, 5) is 37.7. The zero-order valence-electron chi connectivity index (χ0n) is 10.3. The lowest BCUT2D eigenvalue weighted by Gasteiger charge is -2.33. The van der Waals surface area contributed by atoms with Crippen molar-refractivity contribution in [2.45, 2.75) is 41.7 Å². The molecule has 0 radical (unpaired) electrons. The lowest BCUT2D eigenvalue weighted by molar-refractivity contribution is -0.162. The van der Waals surface area contributed by atoms with Crippen molar-refractivity contribution in [1.29, 1.82) is 0 Å². The summed E-state index contributed by atoms with van der Waals surface area (Å²) in [5.74, 6) is 0.103. The van der Waals surface area contributed by atoms with Gasteiger partial charge in [-0.1, -0.05) is 12.8 Å². The molecular weight excluding hydrogens is 286 g/mol. The lowest BCUT2D eigenvalue weighted by atomic mass is 9.95. The van der Waals surface area contributed by atoms with Crippen LogP contribution in [0.15, 0.2) is 0 Å². The molecule has 7 heteroatoms. The smallest absolute Gasteiger partial charge is 0.330 e. The van der Waals surface area contributed by atoms with Crippen LogP contribution in [0.1, 0.15) is 25.7 Å². The number of carbonyl (C=O) groups is 3. The summed E-state index contributed by atoms with van der Waals surface area (Å²) >= 11 is 2.99. The molecule has 2 aliphatic heterocycles. The summed E-state index contributed by atoms with van der Waals surface area (Å²) in [6.45, 7) is 0. The van der Waals surface area contributed by atoms with Gasteiger partial charge in [0.2, 0.25) is 11.8 Å². The third kappa shape index (κ3) is 1.81. The SMILES string of the molecule is O=C1C2SCCSC2C(=O)N1C1(C(=O)O)CCCC1. The van der Waals surface area contributed by atoms with Gasteiger partial charge < -0.3 is 5.11 Å². The highest BCUT2D eigenvalue weighted by Crippen LogP contribution is 2.45. The molecule has 0 spiro atoms. The number of hydrogen-bond donors (Lipinski definition) is 1. The number of fused-ring (bicyclic) bond motifs is 1. The van der Waals surface area contributed by atoms with Crippen molar-refractivity contribution in [2.75, 3.05) is 11.5 Å². The van der Waals surface area contributed by atoms with Crippen molar-refractivity contribution in [1.82, 2.24) is 4.90 Å². The topological polar surface area (TPSA) is 74.7 Å². The van der Waals surface area contributed by atoms with Gasteiger partial charge in [0.15, 0.2) is 0 Å². The normalized spacial score (nSPS) is 33.6. The van der Waals surface area contributed by atoms with Crippen LogP contribution in [0.5, 0.6) is 0 Å². The van der Waals surface area contributed by atoms with Crippen LogP contribution in [0.25, 0.3) is 0 Å². The molecule has 2 heterocycles. The minimum Gasteiger partial charge on any atom is -0.479 e. The van der Waals surface area contributed by atoms with Gasteiger partial charge in [-0.05, 0) is 12.8 Å². The van der Waals surface area contributed by atoms with Crippen LogP contribution >= 0.6 is 23.5 Å². The van der Waals surface area contributed by atoms with Crippen LogP contribution in [0.3, 0.4) is 0 Å². The van der Waals surface area contributed by atoms with Crippen LogP contribution in [0.4, 0.5) is 0 Å². The summed E-state index contributed by atoms with van der Waals surface area (Å²) in [5, 5.41) is 8.79. The van der Waals surface area contributed by atoms with Crippen LogP contribution in [0.2, 0.25) is 0 Å². The molecule has 2 atom stereocenters. The number of imide groups is 1. The highest BCUT2D eigenvalue weighted by Gasteiger charge is 2.60. The first kappa shape index (κ1) is 13.3. The number of aliphatic carboxylic acids is 1. The number of carboxylic acid groups (broad SMARTS) is 1. The molecule has 5 nitrogen and oxygen atoms in total. The van der Waals surface area contributed by atoms with Crippen molar-refractivity contribution in [3.8, 4) is 0 Å².